The van der Waals surface area contributed by atoms with E-state index in [9.17, 15) is 14.4 Å². The van der Waals surface area contributed by atoms with Crippen LogP contribution in [0.1, 0.15) is 57.4 Å². The molecule has 6 heteroatoms. The maximum absolute atomic E-state index is 12.2. The first-order valence-electron chi connectivity index (χ1n) is 9.50. The summed E-state index contributed by atoms with van der Waals surface area (Å²) in [5.74, 6) is -0.930. The number of likely N-dealkylation sites (tertiary alicyclic amines) is 1. The number of hydrogen-bond acceptors (Lipinski definition) is 3. The fraction of sp³-hybridized carbons (Fsp3) is 0.550. The summed E-state index contributed by atoms with van der Waals surface area (Å²) in [6, 6.07) is 9.70. The van der Waals surface area contributed by atoms with Crippen LogP contribution in [0.2, 0.25) is 0 Å². The molecule has 142 valence electrons. The van der Waals surface area contributed by atoms with Crippen molar-refractivity contribution in [3.8, 4) is 0 Å². The first kappa shape index (κ1) is 19.9. The molecule has 0 saturated carbocycles. The van der Waals surface area contributed by atoms with Gasteiger partial charge in [0, 0.05) is 25.9 Å². The Labute approximate surface area is 155 Å². The third-order valence-electron chi connectivity index (χ3n) is 4.63. The molecular formula is C20H29N3O3. The fourth-order valence-electron chi connectivity index (χ4n) is 3.09. The number of benzene rings is 1. The molecule has 1 atom stereocenters. The molecule has 26 heavy (non-hydrogen) atoms. The third kappa shape index (κ3) is 6.50. The number of amides is 3. The van der Waals surface area contributed by atoms with Gasteiger partial charge >= 0.3 is 0 Å². The van der Waals surface area contributed by atoms with E-state index in [0.717, 1.165) is 24.8 Å². The Kier molecular flexibility index (Phi) is 8.12. The van der Waals surface area contributed by atoms with Crippen LogP contribution in [0, 0.1) is 5.92 Å². The number of nitrogens with zero attached hydrogens (tertiary/aromatic N) is 1. The van der Waals surface area contributed by atoms with E-state index in [0.29, 0.717) is 19.5 Å². The predicted octanol–water partition coefficient (Wildman–Crippen LogP) is 2.54. The van der Waals surface area contributed by atoms with Crippen LogP contribution in [0.25, 0.3) is 0 Å². The lowest BCUT2D eigenvalue weighted by molar-refractivity contribution is -0.131. The molecule has 0 spiro atoms. The number of carbonyl (C=O) groups is 3. The second-order valence-electron chi connectivity index (χ2n) is 6.86. The van der Waals surface area contributed by atoms with E-state index >= 15 is 0 Å². The molecular weight excluding hydrogens is 330 g/mol. The molecule has 1 aliphatic rings. The van der Waals surface area contributed by atoms with Crippen LogP contribution in [0.4, 0.5) is 0 Å². The van der Waals surface area contributed by atoms with Crippen molar-refractivity contribution >= 4 is 17.7 Å². The quantitative estimate of drug-likeness (QED) is 0.525. The van der Waals surface area contributed by atoms with Crippen LogP contribution >= 0.6 is 0 Å². The van der Waals surface area contributed by atoms with Gasteiger partial charge in [-0.25, -0.2) is 0 Å². The van der Waals surface area contributed by atoms with E-state index in [4.69, 9.17) is 0 Å². The topological polar surface area (TPSA) is 78.5 Å². The molecule has 0 bridgehead atoms. The van der Waals surface area contributed by atoms with Gasteiger partial charge in [-0.3, -0.25) is 25.2 Å². The molecule has 1 saturated heterocycles. The number of hydrogen-bond donors (Lipinski definition) is 2. The summed E-state index contributed by atoms with van der Waals surface area (Å²) in [7, 11) is 0. The molecule has 2 rings (SSSR count). The van der Waals surface area contributed by atoms with Crippen LogP contribution < -0.4 is 10.9 Å². The van der Waals surface area contributed by atoms with Gasteiger partial charge < -0.3 is 4.90 Å². The SMILES string of the molecule is CCCCCCCC(=O)NNC(=O)C1CC(=O)N(Cc2ccccc2)C1. The molecule has 0 aliphatic carbocycles. The average molecular weight is 359 g/mol. The molecule has 1 aromatic carbocycles. The standard InChI is InChI=1S/C20H29N3O3/c1-2-3-4-5-9-12-18(24)21-22-20(26)17-13-19(25)23(15-17)14-16-10-7-6-8-11-16/h6-8,10-11,17H,2-5,9,12-15H2,1H3,(H,21,24)(H,22,26). The van der Waals surface area contributed by atoms with Gasteiger partial charge in [0.25, 0.3) is 0 Å². The van der Waals surface area contributed by atoms with Crippen molar-refractivity contribution in [3.05, 3.63) is 35.9 Å². The third-order valence-corrected chi connectivity index (χ3v) is 4.63. The van der Waals surface area contributed by atoms with Gasteiger partial charge in [-0.15, -0.1) is 0 Å². The lowest BCUT2D eigenvalue weighted by Gasteiger charge is -2.16. The molecule has 0 aromatic heterocycles. The Bertz CT molecular complexity index is 604. The second-order valence-corrected chi connectivity index (χ2v) is 6.86. The van der Waals surface area contributed by atoms with E-state index in [1.54, 1.807) is 4.90 Å². The molecule has 3 amide bonds. The van der Waals surface area contributed by atoms with Crippen LogP contribution in [-0.4, -0.2) is 29.2 Å². The van der Waals surface area contributed by atoms with Crippen molar-refractivity contribution in [2.45, 2.75) is 58.4 Å². The molecule has 1 aromatic rings. The first-order valence-corrected chi connectivity index (χ1v) is 9.50. The van der Waals surface area contributed by atoms with Crippen molar-refractivity contribution in [2.75, 3.05) is 6.54 Å². The van der Waals surface area contributed by atoms with Gasteiger partial charge in [-0.05, 0) is 12.0 Å². The zero-order valence-corrected chi connectivity index (χ0v) is 15.5. The summed E-state index contributed by atoms with van der Waals surface area (Å²) in [6.45, 7) is 3.04. The average Bonchev–Trinajstić information content (AvgIpc) is 3.01. The summed E-state index contributed by atoms with van der Waals surface area (Å²) in [4.78, 5) is 37.8. The minimum atomic E-state index is -0.420. The largest absolute Gasteiger partial charge is 0.338 e. The van der Waals surface area contributed by atoms with Gasteiger partial charge in [0.15, 0.2) is 0 Å². The molecule has 2 N–H and O–H groups in total. The van der Waals surface area contributed by atoms with E-state index in [1.807, 2.05) is 30.3 Å². The van der Waals surface area contributed by atoms with Crippen LogP contribution in [0.5, 0.6) is 0 Å². The minimum Gasteiger partial charge on any atom is -0.338 e. The highest BCUT2D eigenvalue weighted by molar-refractivity contribution is 5.90. The van der Waals surface area contributed by atoms with E-state index in [1.165, 1.54) is 12.8 Å². The maximum atomic E-state index is 12.2. The Hall–Kier alpha value is -2.37. The van der Waals surface area contributed by atoms with Crippen molar-refractivity contribution in [3.63, 3.8) is 0 Å². The van der Waals surface area contributed by atoms with Crippen molar-refractivity contribution < 1.29 is 14.4 Å². The number of hydrazine groups is 1. The van der Waals surface area contributed by atoms with Gasteiger partial charge in [-0.1, -0.05) is 62.9 Å². The summed E-state index contributed by atoms with van der Waals surface area (Å²) >= 11 is 0. The van der Waals surface area contributed by atoms with E-state index < -0.39 is 5.92 Å². The monoisotopic (exact) mass is 359 g/mol. The number of unbranched alkanes of at least 4 members (excludes halogenated alkanes) is 4. The summed E-state index contributed by atoms with van der Waals surface area (Å²) in [6.07, 6.45) is 5.95. The molecule has 0 radical (unpaired) electrons. The lowest BCUT2D eigenvalue weighted by atomic mass is 10.1. The zero-order chi connectivity index (χ0) is 18.8. The second kappa shape index (κ2) is 10.6. The van der Waals surface area contributed by atoms with Crippen molar-refractivity contribution in [1.29, 1.82) is 0 Å². The highest BCUT2D eigenvalue weighted by atomic mass is 16.2. The van der Waals surface area contributed by atoms with E-state index in [-0.39, 0.29) is 24.1 Å². The van der Waals surface area contributed by atoms with Gasteiger partial charge in [0.1, 0.15) is 0 Å². The predicted molar refractivity (Wildman–Crippen MR) is 99.6 cm³/mol. The van der Waals surface area contributed by atoms with Crippen LogP contribution in [0.3, 0.4) is 0 Å². The number of rotatable bonds is 9. The molecule has 1 heterocycles. The van der Waals surface area contributed by atoms with Crippen LogP contribution in [-0.2, 0) is 20.9 Å². The first-order chi connectivity index (χ1) is 12.6. The van der Waals surface area contributed by atoms with Crippen LogP contribution in [0.15, 0.2) is 30.3 Å². The molecule has 6 nitrogen and oxygen atoms in total. The lowest BCUT2D eigenvalue weighted by Crippen LogP contribution is -2.45. The Morgan fingerprint density at radius 1 is 1.08 bits per heavy atom. The zero-order valence-electron chi connectivity index (χ0n) is 15.5. The smallest absolute Gasteiger partial charge is 0.243 e. The Balaban J connectivity index is 1.68. The number of carbonyl (C=O) groups excluding carboxylic acids is 3. The highest BCUT2D eigenvalue weighted by Gasteiger charge is 2.34. The van der Waals surface area contributed by atoms with Crippen molar-refractivity contribution in [2.24, 2.45) is 5.92 Å². The summed E-state index contributed by atoms with van der Waals surface area (Å²) in [5, 5.41) is 0. The van der Waals surface area contributed by atoms with Gasteiger partial charge in [-0.2, -0.15) is 0 Å². The Morgan fingerprint density at radius 3 is 2.54 bits per heavy atom. The minimum absolute atomic E-state index is 0.0312. The fourth-order valence-corrected chi connectivity index (χ4v) is 3.09. The molecule has 1 unspecified atom stereocenters. The summed E-state index contributed by atoms with van der Waals surface area (Å²) in [5.41, 5.74) is 5.97. The van der Waals surface area contributed by atoms with Crippen molar-refractivity contribution in [1.82, 2.24) is 15.8 Å². The molecule has 1 aliphatic heterocycles. The normalized spacial score (nSPS) is 16.6. The van der Waals surface area contributed by atoms with E-state index in [2.05, 4.69) is 17.8 Å². The summed E-state index contributed by atoms with van der Waals surface area (Å²) < 4.78 is 0. The van der Waals surface area contributed by atoms with Gasteiger partial charge in [0.05, 0.1) is 5.92 Å². The van der Waals surface area contributed by atoms with Gasteiger partial charge in [0.2, 0.25) is 17.7 Å². The Morgan fingerprint density at radius 2 is 1.81 bits per heavy atom. The highest BCUT2D eigenvalue weighted by Crippen LogP contribution is 2.20. The maximum Gasteiger partial charge on any atom is 0.243 e. The number of nitrogens with one attached hydrogen (secondary N) is 2. The molecule has 1 fully saturated rings.